The van der Waals surface area contributed by atoms with E-state index in [9.17, 15) is 28.1 Å². The van der Waals surface area contributed by atoms with Crippen molar-refractivity contribution in [1.82, 2.24) is 10.2 Å². The number of aryl methyl sites for hydroxylation is 1. The Morgan fingerprint density at radius 2 is 1.68 bits per heavy atom. The zero-order chi connectivity index (χ0) is 27.2. The number of carbonyl (C=O) groups is 2. The normalized spacial score (nSPS) is 11.9. The van der Waals surface area contributed by atoms with Gasteiger partial charge in [0.15, 0.2) is 0 Å². The van der Waals surface area contributed by atoms with Crippen LogP contribution >= 0.6 is 0 Å². The fourth-order valence-electron chi connectivity index (χ4n) is 3.81. The number of nitro benzene ring substituents is 1. The van der Waals surface area contributed by atoms with E-state index in [4.69, 9.17) is 0 Å². The van der Waals surface area contributed by atoms with Gasteiger partial charge in [-0.05, 0) is 37.6 Å². The molecular formula is C26H28N4O6S. The maximum Gasteiger partial charge on any atom is 0.271 e. The first-order valence-electron chi connectivity index (χ1n) is 11.4. The van der Waals surface area contributed by atoms with E-state index in [0.29, 0.717) is 0 Å². The van der Waals surface area contributed by atoms with Crippen LogP contribution in [-0.4, -0.2) is 49.7 Å². The number of benzene rings is 3. The summed E-state index contributed by atoms with van der Waals surface area (Å²) in [6.07, 6.45) is 0. The van der Waals surface area contributed by atoms with Crippen LogP contribution in [0.4, 0.5) is 11.4 Å². The predicted octanol–water partition coefficient (Wildman–Crippen LogP) is 3.26. The van der Waals surface area contributed by atoms with E-state index in [1.165, 1.54) is 54.4 Å². The minimum Gasteiger partial charge on any atom is -0.357 e. The molecule has 3 rings (SSSR count). The summed E-state index contributed by atoms with van der Waals surface area (Å²) >= 11 is 0. The van der Waals surface area contributed by atoms with Gasteiger partial charge in [0.1, 0.15) is 12.6 Å². The molecule has 0 aliphatic carbocycles. The lowest BCUT2D eigenvalue weighted by Gasteiger charge is -2.31. The molecule has 0 spiro atoms. The molecule has 0 fully saturated rings. The Labute approximate surface area is 215 Å². The Morgan fingerprint density at radius 3 is 2.30 bits per heavy atom. The van der Waals surface area contributed by atoms with Gasteiger partial charge in [0.05, 0.1) is 15.5 Å². The lowest BCUT2D eigenvalue weighted by Crippen LogP contribution is -2.50. The first kappa shape index (κ1) is 27.3. The Kier molecular flexibility index (Phi) is 8.61. The molecule has 1 N–H and O–H groups in total. The van der Waals surface area contributed by atoms with E-state index >= 15 is 0 Å². The van der Waals surface area contributed by atoms with Gasteiger partial charge >= 0.3 is 0 Å². The minimum absolute atomic E-state index is 0.0468. The summed E-state index contributed by atoms with van der Waals surface area (Å²) in [5, 5.41) is 13.9. The Morgan fingerprint density at radius 1 is 1.00 bits per heavy atom. The van der Waals surface area contributed by atoms with Crippen molar-refractivity contribution in [3.63, 3.8) is 0 Å². The second-order valence-corrected chi connectivity index (χ2v) is 10.3. The van der Waals surface area contributed by atoms with Crippen LogP contribution in [0.3, 0.4) is 0 Å². The third-order valence-corrected chi connectivity index (χ3v) is 7.58. The second-order valence-electron chi connectivity index (χ2n) is 8.40. The molecule has 37 heavy (non-hydrogen) atoms. The second kappa shape index (κ2) is 11.7. The molecule has 194 valence electrons. The number of hydrogen-bond acceptors (Lipinski definition) is 6. The monoisotopic (exact) mass is 524 g/mol. The van der Waals surface area contributed by atoms with Crippen molar-refractivity contribution in [3.8, 4) is 0 Å². The topological polar surface area (TPSA) is 130 Å². The summed E-state index contributed by atoms with van der Waals surface area (Å²) in [6.45, 7) is 2.83. The number of sulfonamides is 1. The van der Waals surface area contributed by atoms with E-state index in [0.717, 1.165) is 21.5 Å². The average Bonchev–Trinajstić information content (AvgIpc) is 2.89. The van der Waals surface area contributed by atoms with Gasteiger partial charge in [-0.1, -0.05) is 54.1 Å². The van der Waals surface area contributed by atoms with Gasteiger partial charge in [0.2, 0.25) is 11.8 Å². The molecule has 11 heteroatoms. The van der Waals surface area contributed by atoms with Gasteiger partial charge in [-0.15, -0.1) is 0 Å². The highest BCUT2D eigenvalue weighted by Gasteiger charge is 2.32. The number of non-ortho nitro benzene ring substituents is 1. The molecular weight excluding hydrogens is 496 g/mol. The third-order valence-electron chi connectivity index (χ3n) is 5.79. The summed E-state index contributed by atoms with van der Waals surface area (Å²) in [5.74, 6) is -1.07. The SMILES string of the molecule is CNC(=O)[C@@H](C)N(Cc1cccc(C)c1)C(=O)CN(c1cccc([N+](=O)[O-])c1)S(=O)(=O)c1ccccc1. The highest BCUT2D eigenvalue weighted by molar-refractivity contribution is 7.92. The molecule has 0 aliphatic heterocycles. The van der Waals surface area contributed by atoms with Crippen molar-refractivity contribution in [2.45, 2.75) is 31.3 Å². The van der Waals surface area contributed by atoms with Crippen LogP contribution in [0.15, 0.2) is 83.8 Å². The number of likely N-dealkylation sites (N-methyl/N-ethyl adjacent to an activating group) is 1. The van der Waals surface area contributed by atoms with E-state index in [1.54, 1.807) is 13.0 Å². The summed E-state index contributed by atoms with van der Waals surface area (Å²) < 4.78 is 28.1. The number of anilines is 1. The molecule has 2 amide bonds. The fraction of sp³-hybridized carbons (Fsp3) is 0.231. The standard InChI is InChI=1S/C26H28N4O6S/c1-19-9-7-10-21(15-19)17-28(20(2)26(32)27-3)25(31)18-29(22-11-8-12-23(16-22)30(33)34)37(35,36)24-13-5-4-6-14-24/h4-16,20H,17-18H2,1-3H3,(H,27,32)/t20-/m1/s1. The van der Waals surface area contributed by atoms with Crippen LogP contribution in [0.1, 0.15) is 18.1 Å². The zero-order valence-electron chi connectivity index (χ0n) is 20.7. The number of nitrogens with zero attached hydrogens (tertiary/aromatic N) is 3. The summed E-state index contributed by atoms with van der Waals surface area (Å²) in [7, 11) is -2.85. The number of nitrogens with one attached hydrogen (secondary N) is 1. The van der Waals surface area contributed by atoms with Crippen molar-refractivity contribution in [2.75, 3.05) is 17.9 Å². The smallest absolute Gasteiger partial charge is 0.271 e. The fourth-order valence-corrected chi connectivity index (χ4v) is 5.24. The van der Waals surface area contributed by atoms with Crippen molar-refractivity contribution < 1.29 is 22.9 Å². The van der Waals surface area contributed by atoms with E-state index in [-0.39, 0.29) is 22.8 Å². The van der Waals surface area contributed by atoms with Crippen LogP contribution in [0, 0.1) is 17.0 Å². The summed E-state index contributed by atoms with van der Waals surface area (Å²) in [5.41, 5.74) is 1.35. The first-order valence-corrected chi connectivity index (χ1v) is 12.9. The molecule has 0 aromatic heterocycles. The van der Waals surface area contributed by atoms with Gasteiger partial charge in [-0.3, -0.25) is 24.0 Å². The molecule has 0 heterocycles. The van der Waals surface area contributed by atoms with Crippen LogP contribution in [0.25, 0.3) is 0 Å². The number of amides is 2. The van der Waals surface area contributed by atoms with Crippen molar-refractivity contribution in [3.05, 3.63) is 100 Å². The van der Waals surface area contributed by atoms with Gasteiger partial charge in [0.25, 0.3) is 15.7 Å². The highest BCUT2D eigenvalue weighted by Crippen LogP contribution is 2.27. The van der Waals surface area contributed by atoms with Gasteiger partial charge in [0, 0.05) is 25.7 Å². The van der Waals surface area contributed by atoms with Crippen molar-refractivity contribution >= 4 is 33.2 Å². The minimum atomic E-state index is -4.29. The molecule has 0 saturated carbocycles. The van der Waals surface area contributed by atoms with E-state index < -0.39 is 39.3 Å². The summed E-state index contributed by atoms with van der Waals surface area (Å²) in [4.78, 5) is 38.1. The molecule has 0 radical (unpaired) electrons. The van der Waals surface area contributed by atoms with Crippen molar-refractivity contribution in [2.24, 2.45) is 0 Å². The van der Waals surface area contributed by atoms with Crippen molar-refractivity contribution in [1.29, 1.82) is 0 Å². The Balaban J connectivity index is 2.07. The first-order chi connectivity index (χ1) is 17.5. The summed E-state index contributed by atoms with van der Waals surface area (Å²) in [6, 6.07) is 19.0. The molecule has 3 aromatic rings. The molecule has 10 nitrogen and oxygen atoms in total. The van der Waals surface area contributed by atoms with Crippen LogP contribution in [-0.2, 0) is 26.2 Å². The number of rotatable bonds is 10. The predicted molar refractivity (Wildman–Crippen MR) is 139 cm³/mol. The van der Waals surface area contributed by atoms with Gasteiger partial charge < -0.3 is 10.2 Å². The number of nitro groups is 1. The van der Waals surface area contributed by atoms with Crippen LogP contribution < -0.4 is 9.62 Å². The largest absolute Gasteiger partial charge is 0.357 e. The number of carbonyl (C=O) groups excluding carboxylic acids is 2. The molecule has 0 unspecified atom stereocenters. The molecule has 0 saturated heterocycles. The number of hydrogen-bond donors (Lipinski definition) is 1. The molecule has 3 aromatic carbocycles. The highest BCUT2D eigenvalue weighted by atomic mass is 32.2. The molecule has 0 bridgehead atoms. The van der Waals surface area contributed by atoms with E-state index in [1.807, 2.05) is 31.2 Å². The molecule has 0 aliphatic rings. The maximum atomic E-state index is 13.7. The maximum absolute atomic E-state index is 13.7. The van der Waals surface area contributed by atoms with Crippen LogP contribution in [0.2, 0.25) is 0 Å². The van der Waals surface area contributed by atoms with Gasteiger partial charge in [-0.25, -0.2) is 8.42 Å². The van der Waals surface area contributed by atoms with E-state index in [2.05, 4.69) is 5.32 Å². The third kappa shape index (κ3) is 6.50. The van der Waals surface area contributed by atoms with Gasteiger partial charge in [-0.2, -0.15) is 0 Å². The molecule has 1 atom stereocenters. The lowest BCUT2D eigenvalue weighted by molar-refractivity contribution is -0.384. The Bertz CT molecular complexity index is 1390. The average molecular weight is 525 g/mol. The zero-order valence-corrected chi connectivity index (χ0v) is 21.5. The quantitative estimate of drug-likeness (QED) is 0.320. The Hall–Kier alpha value is -4.25. The lowest BCUT2D eigenvalue weighted by atomic mass is 10.1. The van der Waals surface area contributed by atoms with Crippen LogP contribution in [0.5, 0.6) is 0 Å².